The highest BCUT2D eigenvalue weighted by molar-refractivity contribution is 5.94. The first kappa shape index (κ1) is 28.5. The number of amides is 1. The molecule has 1 aromatic heterocycles. The van der Waals surface area contributed by atoms with Gasteiger partial charge in [0.2, 0.25) is 0 Å². The lowest BCUT2D eigenvalue weighted by molar-refractivity contribution is -0.136. The van der Waals surface area contributed by atoms with Crippen molar-refractivity contribution in [1.29, 1.82) is 0 Å². The summed E-state index contributed by atoms with van der Waals surface area (Å²) in [6, 6.07) is 22.1. The third kappa shape index (κ3) is 5.74. The number of carboxylic acid groups (broad SMARTS) is 1. The number of carbonyl (C=O) groups excluding carboxylic acids is 1. The monoisotopic (exact) mass is 579 g/mol. The van der Waals surface area contributed by atoms with Gasteiger partial charge in [-0.2, -0.15) is 0 Å². The van der Waals surface area contributed by atoms with Gasteiger partial charge in [-0.1, -0.05) is 42.5 Å². The van der Waals surface area contributed by atoms with Gasteiger partial charge in [-0.3, -0.25) is 4.79 Å². The van der Waals surface area contributed by atoms with Crippen molar-refractivity contribution in [3.63, 3.8) is 0 Å². The topological polar surface area (TPSA) is 115 Å². The number of piperidine rings is 1. The molecule has 2 heterocycles. The maximum Gasteiger partial charge on any atom is 0.410 e. The van der Waals surface area contributed by atoms with E-state index in [4.69, 9.17) is 15.2 Å². The van der Waals surface area contributed by atoms with E-state index in [1.165, 1.54) is 5.56 Å². The van der Waals surface area contributed by atoms with E-state index in [1.807, 2.05) is 45.0 Å². The summed E-state index contributed by atoms with van der Waals surface area (Å²) in [5.74, 6) is 0.174. The Balaban J connectivity index is 1.36. The first-order valence-corrected chi connectivity index (χ1v) is 14.7. The van der Waals surface area contributed by atoms with E-state index in [-0.39, 0.29) is 24.0 Å². The van der Waals surface area contributed by atoms with E-state index >= 15 is 0 Å². The molecule has 0 saturated carbocycles. The average Bonchev–Trinajstić information content (AvgIpc) is 3.25. The summed E-state index contributed by atoms with van der Waals surface area (Å²) < 4.78 is 12.3. The molecule has 1 spiro atoms. The molecular formula is C35H37N3O5. The molecule has 8 heteroatoms. The van der Waals surface area contributed by atoms with Crippen molar-refractivity contribution < 1.29 is 24.2 Å². The van der Waals surface area contributed by atoms with Crippen LogP contribution in [0, 0.1) is 0 Å². The summed E-state index contributed by atoms with van der Waals surface area (Å²) in [7, 11) is 0. The number of aliphatic carboxylic acids is 1. The quantitative estimate of drug-likeness (QED) is 0.264. The van der Waals surface area contributed by atoms with Crippen LogP contribution in [0.3, 0.4) is 0 Å². The second kappa shape index (κ2) is 10.9. The highest BCUT2D eigenvalue weighted by Gasteiger charge is 2.47. The van der Waals surface area contributed by atoms with Gasteiger partial charge in [-0.05, 0) is 91.9 Å². The molecule has 222 valence electrons. The van der Waals surface area contributed by atoms with E-state index in [0.717, 1.165) is 46.7 Å². The lowest BCUT2D eigenvalue weighted by Gasteiger charge is -2.40. The van der Waals surface area contributed by atoms with Crippen molar-refractivity contribution >= 4 is 28.7 Å². The number of pyridine rings is 1. The van der Waals surface area contributed by atoms with Gasteiger partial charge in [0.15, 0.2) is 0 Å². The Morgan fingerprint density at radius 3 is 2.49 bits per heavy atom. The first-order valence-electron chi connectivity index (χ1n) is 14.7. The number of ether oxygens (including phenoxy) is 2. The summed E-state index contributed by atoms with van der Waals surface area (Å²) in [5.41, 5.74) is 10.5. The Morgan fingerprint density at radius 2 is 1.74 bits per heavy atom. The predicted octanol–water partition coefficient (Wildman–Crippen LogP) is 6.90. The number of fused-ring (bicyclic) bond motifs is 3. The largest absolute Gasteiger partial charge is 0.485 e. The summed E-state index contributed by atoms with van der Waals surface area (Å²) >= 11 is 0. The predicted molar refractivity (Wildman–Crippen MR) is 166 cm³/mol. The van der Waals surface area contributed by atoms with Gasteiger partial charge in [0, 0.05) is 35.7 Å². The molecule has 1 fully saturated rings. The highest BCUT2D eigenvalue weighted by atomic mass is 16.6. The molecule has 0 bridgehead atoms. The van der Waals surface area contributed by atoms with Gasteiger partial charge in [0.1, 0.15) is 23.3 Å². The third-order valence-electron chi connectivity index (χ3n) is 8.63. The van der Waals surface area contributed by atoms with Crippen LogP contribution in [0.4, 0.5) is 10.6 Å². The standard InChI is InChI=1S/C35H37N3O5/c1-34(2,3)43-33(41)38-16-13-35(14-17-38)21-30(42-29-7-5-4-6-25(29)20-31(39)40)27-19-24(10-11-28(27)35)23-9-8-22-12-15-37-32(36)26(22)18-23/h4-12,15,18-19,30H,13-14,16-17,20-21H2,1-3H3,(H2,36,37)(H,39,40). The minimum absolute atomic E-state index is 0.113. The fourth-order valence-electron chi connectivity index (χ4n) is 6.54. The number of hydrogen-bond acceptors (Lipinski definition) is 6. The van der Waals surface area contributed by atoms with Gasteiger partial charge in [0.05, 0.1) is 6.42 Å². The maximum atomic E-state index is 12.8. The normalized spacial score (nSPS) is 17.6. The molecule has 2 aliphatic rings. The van der Waals surface area contributed by atoms with Crippen molar-refractivity contribution in [3.8, 4) is 16.9 Å². The van der Waals surface area contributed by atoms with E-state index < -0.39 is 11.6 Å². The number of carboxylic acids is 1. The Hall–Kier alpha value is -4.59. The Morgan fingerprint density at radius 1 is 1.02 bits per heavy atom. The summed E-state index contributed by atoms with van der Waals surface area (Å²) in [6.45, 7) is 6.83. The molecule has 1 unspecified atom stereocenters. The first-order chi connectivity index (χ1) is 20.5. The number of hydrogen-bond donors (Lipinski definition) is 2. The van der Waals surface area contributed by atoms with Gasteiger partial charge in [-0.15, -0.1) is 0 Å². The zero-order valence-corrected chi connectivity index (χ0v) is 24.8. The molecule has 8 nitrogen and oxygen atoms in total. The minimum Gasteiger partial charge on any atom is -0.485 e. The molecule has 0 radical (unpaired) electrons. The highest BCUT2D eigenvalue weighted by Crippen LogP contribution is 2.53. The average molecular weight is 580 g/mol. The SMILES string of the molecule is CC(C)(C)OC(=O)N1CCC2(CC1)CC(Oc1ccccc1CC(=O)O)c1cc(-c3ccc4ccnc(N)c4c3)ccc12. The summed E-state index contributed by atoms with van der Waals surface area (Å²) in [6.07, 6.45) is 3.36. The second-order valence-corrected chi connectivity index (χ2v) is 12.7. The molecule has 1 saturated heterocycles. The molecule has 6 rings (SSSR count). The number of benzene rings is 3. The fraction of sp³-hybridized carbons (Fsp3) is 0.343. The van der Waals surface area contributed by atoms with Crippen molar-refractivity contribution in [2.45, 2.75) is 63.6 Å². The molecule has 43 heavy (non-hydrogen) atoms. The van der Waals surface area contributed by atoms with Crippen LogP contribution in [-0.2, 0) is 21.4 Å². The lowest BCUT2D eigenvalue weighted by atomic mass is 9.73. The van der Waals surface area contributed by atoms with E-state index in [2.05, 4.69) is 41.4 Å². The van der Waals surface area contributed by atoms with E-state index in [1.54, 1.807) is 17.2 Å². The second-order valence-electron chi connectivity index (χ2n) is 12.7. The number of aromatic nitrogens is 1. The number of nitrogens with two attached hydrogens (primary N) is 1. The van der Waals surface area contributed by atoms with Gasteiger partial charge < -0.3 is 25.2 Å². The van der Waals surface area contributed by atoms with Crippen LogP contribution in [-0.4, -0.2) is 45.7 Å². The van der Waals surface area contributed by atoms with Crippen LogP contribution in [0.1, 0.15) is 62.8 Å². The molecular weight excluding hydrogens is 542 g/mol. The minimum atomic E-state index is -0.902. The molecule has 3 N–H and O–H groups in total. The summed E-state index contributed by atoms with van der Waals surface area (Å²) in [5, 5.41) is 11.4. The van der Waals surface area contributed by atoms with Crippen molar-refractivity contribution in [2.24, 2.45) is 0 Å². The fourth-order valence-corrected chi connectivity index (χ4v) is 6.54. The Kier molecular flexibility index (Phi) is 7.24. The Bertz CT molecular complexity index is 1700. The van der Waals surface area contributed by atoms with Crippen LogP contribution in [0.5, 0.6) is 5.75 Å². The number of rotatable bonds is 5. The van der Waals surface area contributed by atoms with E-state index in [0.29, 0.717) is 30.2 Å². The van der Waals surface area contributed by atoms with E-state index in [9.17, 15) is 14.7 Å². The molecule has 1 aliphatic heterocycles. The number of anilines is 1. The summed E-state index contributed by atoms with van der Waals surface area (Å²) in [4.78, 5) is 30.5. The van der Waals surface area contributed by atoms with Crippen molar-refractivity contribution in [1.82, 2.24) is 9.88 Å². The number of nitrogens with zero attached hydrogens (tertiary/aromatic N) is 2. The third-order valence-corrected chi connectivity index (χ3v) is 8.63. The van der Waals surface area contributed by atoms with Gasteiger partial charge in [-0.25, -0.2) is 9.78 Å². The van der Waals surface area contributed by atoms with Crippen LogP contribution >= 0.6 is 0 Å². The van der Waals surface area contributed by atoms with Crippen molar-refractivity contribution in [2.75, 3.05) is 18.8 Å². The van der Waals surface area contributed by atoms with Gasteiger partial charge in [0.25, 0.3) is 0 Å². The van der Waals surface area contributed by atoms with Crippen LogP contribution in [0.25, 0.3) is 21.9 Å². The van der Waals surface area contributed by atoms with Crippen LogP contribution < -0.4 is 10.5 Å². The van der Waals surface area contributed by atoms with Gasteiger partial charge >= 0.3 is 12.1 Å². The molecule has 1 atom stereocenters. The zero-order chi connectivity index (χ0) is 30.4. The smallest absolute Gasteiger partial charge is 0.410 e. The maximum absolute atomic E-state index is 12.8. The molecule has 1 amide bonds. The zero-order valence-electron chi connectivity index (χ0n) is 24.8. The molecule has 3 aromatic carbocycles. The Labute approximate surface area is 251 Å². The number of carbonyl (C=O) groups is 2. The molecule has 4 aromatic rings. The number of likely N-dealkylation sites (tertiary alicyclic amines) is 1. The van der Waals surface area contributed by atoms with Crippen LogP contribution in [0.2, 0.25) is 0 Å². The number of para-hydroxylation sites is 1. The van der Waals surface area contributed by atoms with Crippen molar-refractivity contribution in [3.05, 3.63) is 89.6 Å². The molecule has 1 aliphatic carbocycles. The lowest BCUT2D eigenvalue weighted by Crippen LogP contribution is -2.46. The van der Waals surface area contributed by atoms with Crippen LogP contribution in [0.15, 0.2) is 72.9 Å². The number of nitrogen functional groups attached to an aromatic ring is 1.